The Labute approximate surface area is 304 Å². The van der Waals surface area contributed by atoms with Gasteiger partial charge in [0, 0.05) is 0 Å². The fraction of sp³-hybridized carbons (Fsp3) is 0.130. The summed E-state index contributed by atoms with van der Waals surface area (Å²) >= 11 is 1.36. The standard InChI is InChI=1S/2C22H19.2CH3.Si.Zr/c1-15(2)18-13-17-9-6-12-21(22(17)14-18)20-11-5-8-16-7-3-4-10-19(16)20;1-3-16-11-12-20(22-14-15(2)13-21(16)22)19-10-6-8-17-7-4-5-9-18(17)19;;;;/h3-15H,1-2H3;4-14H,3H2,1-2H3;2*1H3;;/q4*-1;;. The summed E-state index contributed by atoms with van der Waals surface area (Å²) in [6.45, 7) is 12.0. The minimum absolute atomic E-state index is 0. The van der Waals surface area contributed by atoms with Crippen molar-refractivity contribution in [1.82, 2.24) is 0 Å². The number of benzene rings is 6. The van der Waals surface area contributed by atoms with E-state index in [-0.39, 0.29) is 14.9 Å². The van der Waals surface area contributed by atoms with Gasteiger partial charge >= 0.3 is 30.2 Å². The summed E-state index contributed by atoms with van der Waals surface area (Å²) in [5, 5.41) is 10.7. The van der Waals surface area contributed by atoms with Crippen LogP contribution in [0.1, 0.15) is 43.4 Å². The van der Waals surface area contributed by atoms with Crippen molar-refractivity contribution in [3.05, 3.63) is 171 Å². The van der Waals surface area contributed by atoms with Crippen molar-refractivity contribution in [2.24, 2.45) is 0 Å². The summed E-state index contributed by atoms with van der Waals surface area (Å²) in [7, 11) is 0. The van der Waals surface area contributed by atoms with Gasteiger partial charge in [0.05, 0.1) is 0 Å². The van der Waals surface area contributed by atoms with E-state index in [4.69, 9.17) is 0 Å². The van der Waals surface area contributed by atoms with E-state index in [2.05, 4.69) is 174 Å². The van der Waals surface area contributed by atoms with Crippen molar-refractivity contribution in [2.75, 3.05) is 0 Å². The van der Waals surface area contributed by atoms with Crippen LogP contribution in [0, 0.1) is 21.8 Å². The summed E-state index contributed by atoms with van der Waals surface area (Å²) < 4.78 is 0. The van der Waals surface area contributed by atoms with Gasteiger partial charge in [-0.25, -0.2) is 0 Å². The van der Waals surface area contributed by atoms with E-state index in [0.29, 0.717) is 5.92 Å². The fourth-order valence-electron chi connectivity index (χ4n) is 6.79. The summed E-state index contributed by atoms with van der Waals surface area (Å²) in [5.74, 6) is 0.563. The van der Waals surface area contributed by atoms with Crippen LogP contribution in [0.4, 0.5) is 0 Å². The zero-order valence-electron chi connectivity index (χ0n) is 29.1. The molecule has 0 spiro atoms. The molecule has 0 amide bonds. The van der Waals surface area contributed by atoms with Crippen molar-refractivity contribution < 1.29 is 23.3 Å². The molecule has 8 aromatic rings. The molecule has 0 aliphatic heterocycles. The molecule has 8 aromatic carbocycles. The van der Waals surface area contributed by atoms with Gasteiger partial charge in [-0.3, -0.25) is 0 Å². The Morgan fingerprint density at radius 3 is 1.62 bits per heavy atom. The Kier molecular flexibility index (Phi) is 12.7. The summed E-state index contributed by atoms with van der Waals surface area (Å²) in [4.78, 5) is 0. The molecule has 0 unspecified atom stereocenters. The third kappa shape index (κ3) is 7.26. The van der Waals surface area contributed by atoms with Crippen molar-refractivity contribution >= 4 is 50.0 Å². The number of aryl methyl sites for hydroxylation is 2. The first kappa shape index (κ1) is 37.0. The van der Waals surface area contributed by atoms with Crippen molar-refractivity contribution in [3.8, 4) is 22.3 Å². The number of hydrogen-bond acceptors (Lipinski definition) is 0. The molecular formula is C46H44SiZr-4. The van der Waals surface area contributed by atoms with Gasteiger partial charge < -0.3 is 14.9 Å². The molecule has 0 atom stereocenters. The average molecular weight is 716 g/mol. The molecule has 0 aliphatic carbocycles. The zero-order chi connectivity index (χ0) is 32.2. The maximum atomic E-state index is 3.06. The predicted octanol–water partition coefficient (Wildman–Crippen LogP) is 13.3. The van der Waals surface area contributed by atoms with Crippen LogP contribution in [0.3, 0.4) is 0 Å². The maximum absolute atomic E-state index is 3.06. The summed E-state index contributed by atoms with van der Waals surface area (Å²) in [6.07, 6.45) is 1.08. The van der Waals surface area contributed by atoms with Gasteiger partial charge in [-0.1, -0.05) is 142 Å². The van der Waals surface area contributed by atoms with Crippen LogP contribution in [0.25, 0.3) is 65.3 Å². The van der Waals surface area contributed by atoms with Crippen molar-refractivity contribution in [1.29, 1.82) is 0 Å². The molecule has 0 N–H and O–H groups in total. The summed E-state index contributed by atoms with van der Waals surface area (Å²) in [6, 6.07) is 51.0. The average Bonchev–Trinajstić information content (AvgIpc) is 3.73. The van der Waals surface area contributed by atoms with Crippen molar-refractivity contribution in [3.63, 3.8) is 0 Å². The van der Waals surface area contributed by atoms with Gasteiger partial charge in [-0.05, 0) is 38.6 Å². The third-order valence-corrected chi connectivity index (χ3v) is 9.10. The van der Waals surface area contributed by atoms with Gasteiger partial charge in [0.1, 0.15) is 0 Å². The molecule has 2 heteroatoms. The Bertz CT molecular complexity index is 2270. The molecule has 0 bridgehead atoms. The molecule has 2 radical (unpaired) electrons. The molecule has 0 nitrogen and oxygen atoms in total. The molecule has 0 saturated heterocycles. The second-order valence-corrected chi connectivity index (χ2v) is 12.3. The zero-order valence-corrected chi connectivity index (χ0v) is 32.5. The van der Waals surface area contributed by atoms with Crippen molar-refractivity contribution in [2.45, 2.75) is 40.0 Å². The van der Waals surface area contributed by atoms with Crippen LogP contribution < -0.4 is 0 Å². The van der Waals surface area contributed by atoms with E-state index in [1.54, 1.807) is 0 Å². The second kappa shape index (κ2) is 16.5. The van der Waals surface area contributed by atoms with Crippen LogP contribution in [-0.4, -0.2) is 6.88 Å². The Morgan fingerprint density at radius 2 is 1.06 bits per heavy atom. The van der Waals surface area contributed by atoms with E-state index in [9.17, 15) is 0 Å². The first-order valence-electron chi connectivity index (χ1n) is 16.1. The Morgan fingerprint density at radius 1 is 0.562 bits per heavy atom. The molecule has 0 heterocycles. The van der Waals surface area contributed by atoms with Gasteiger partial charge in [0.15, 0.2) is 0 Å². The minimum atomic E-state index is 0. The number of hydrogen-bond donors (Lipinski definition) is 0. The number of rotatable bonds is 4. The second-order valence-electron chi connectivity index (χ2n) is 12.3. The quantitative estimate of drug-likeness (QED) is 0.126. The van der Waals surface area contributed by atoms with E-state index >= 15 is 0 Å². The van der Waals surface area contributed by atoms with Gasteiger partial charge in [-0.2, -0.15) is 12.1 Å². The number of fused-ring (bicyclic) bond motifs is 4. The Hall–Kier alpha value is -3.84. The summed E-state index contributed by atoms with van der Waals surface area (Å²) in [5.41, 5.74) is 9.53. The molecule has 0 aliphatic rings. The molecule has 0 saturated carbocycles. The van der Waals surface area contributed by atoms with Crippen LogP contribution in [0.15, 0.2) is 140 Å². The van der Waals surface area contributed by atoms with Crippen LogP contribution in [-0.2, 0) is 29.8 Å². The van der Waals surface area contributed by atoms with E-state index < -0.39 is 0 Å². The van der Waals surface area contributed by atoms with Crippen LogP contribution in [0.2, 0.25) is 0 Å². The third-order valence-electron chi connectivity index (χ3n) is 9.10. The monoisotopic (exact) mass is 714 g/mol. The molecule has 48 heavy (non-hydrogen) atoms. The van der Waals surface area contributed by atoms with Crippen LogP contribution in [0.5, 0.6) is 0 Å². The Balaban J connectivity index is 0.000000198. The topological polar surface area (TPSA) is 0 Å². The molecular weight excluding hydrogens is 672 g/mol. The molecule has 0 aromatic heterocycles. The van der Waals surface area contributed by atoms with E-state index in [1.807, 2.05) is 0 Å². The fourth-order valence-corrected chi connectivity index (χ4v) is 6.79. The molecule has 8 rings (SSSR count). The van der Waals surface area contributed by atoms with Gasteiger partial charge in [0.2, 0.25) is 0 Å². The predicted molar refractivity (Wildman–Crippen MR) is 212 cm³/mol. The molecule has 0 fully saturated rings. The van der Waals surface area contributed by atoms with E-state index in [1.165, 1.54) is 105 Å². The SMILES string of the molecule is CC(C)c1cc2c(-c3cccc4ccccc34)cccc2[cH-]1.CCc1ccc(-c2cccc3ccccc23)c2cc(C)[cH-]c12.[CH3-].[CH3-].[Si]=[Zr]. The van der Waals surface area contributed by atoms with Crippen LogP contribution >= 0.6 is 0 Å². The van der Waals surface area contributed by atoms with Gasteiger partial charge in [0.25, 0.3) is 0 Å². The first-order valence-corrected chi connectivity index (χ1v) is 20.3. The van der Waals surface area contributed by atoms with E-state index in [0.717, 1.165) is 6.42 Å². The molecule has 240 valence electrons. The normalized spacial score (nSPS) is 10.6. The van der Waals surface area contributed by atoms with Gasteiger partial charge in [-0.15, -0.1) is 68.6 Å². The first-order chi connectivity index (χ1) is 22.5.